The van der Waals surface area contributed by atoms with Crippen LogP contribution in [0.3, 0.4) is 0 Å². The summed E-state index contributed by atoms with van der Waals surface area (Å²) >= 11 is 1.95. The Bertz CT molecular complexity index is 1440. The normalized spacial score (nSPS) is 44.3. The van der Waals surface area contributed by atoms with E-state index in [1.807, 2.05) is 18.7 Å². The summed E-state index contributed by atoms with van der Waals surface area (Å²) in [4.78, 5) is 37.6. The van der Waals surface area contributed by atoms with Gasteiger partial charge in [0.1, 0.15) is 0 Å². The second-order valence-corrected chi connectivity index (χ2v) is 18.9. The summed E-state index contributed by atoms with van der Waals surface area (Å²) < 4.78 is 11.7. The Kier molecular flexibility index (Phi) is 8.00. The van der Waals surface area contributed by atoms with E-state index < -0.39 is 17.4 Å². The van der Waals surface area contributed by atoms with Crippen LogP contribution < -0.4 is 5.73 Å². The van der Waals surface area contributed by atoms with Crippen LogP contribution in [0, 0.1) is 37.9 Å². The molecule has 7 heteroatoms. The molecule has 0 aliphatic heterocycles. The maximum absolute atomic E-state index is 12.9. The predicted octanol–water partition coefficient (Wildman–Crippen LogP) is 8.80. The van der Waals surface area contributed by atoms with Gasteiger partial charge in [0, 0.05) is 36.3 Å². The molecule has 5 rings (SSSR count). The van der Waals surface area contributed by atoms with Crippen molar-refractivity contribution >= 4 is 29.6 Å². The largest absolute Gasteiger partial charge is 0.427 e. The van der Waals surface area contributed by atoms with E-state index in [-0.39, 0.29) is 43.6 Å². The smallest absolute Gasteiger partial charge is 0.308 e. The monoisotopic (exact) mass is 639 g/mol. The predicted molar refractivity (Wildman–Crippen MR) is 181 cm³/mol. The molecule has 1 amide bonds. The first-order chi connectivity index (χ1) is 20.5. The second-order valence-electron chi connectivity index (χ2n) is 17.2. The molecule has 5 aliphatic carbocycles. The number of ether oxygens (including phenoxy) is 2. The number of nitrogens with two attached hydrogens (primary N) is 1. The number of rotatable bonds is 5. The van der Waals surface area contributed by atoms with E-state index in [9.17, 15) is 14.4 Å². The third-order valence-electron chi connectivity index (χ3n) is 14.7. The Morgan fingerprint density at radius 1 is 0.822 bits per heavy atom. The molecule has 0 saturated heterocycles. The SMILES string of the molecule is CC(=O)OC1=C(OC(C)=O)C(C)=C2C(SC(C)C)C=C3[C@@](C)(CC[C@@]4(C)[C@]5(C)C[C@](C)(C(N)=O)CC[C@]5(C)CC[C@]34C)C2(C)C1. The fourth-order valence-corrected chi connectivity index (χ4v) is 12.8. The van der Waals surface area contributed by atoms with Crippen molar-refractivity contribution in [2.45, 2.75) is 145 Å². The number of carbonyl (C=O) groups excluding carboxylic acids is 3. The lowest BCUT2D eigenvalue weighted by atomic mass is 9.28. The maximum Gasteiger partial charge on any atom is 0.308 e. The molecule has 0 aromatic rings. The van der Waals surface area contributed by atoms with Crippen molar-refractivity contribution in [3.8, 4) is 0 Å². The summed E-state index contributed by atoms with van der Waals surface area (Å²) in [6, 6.07) is 0. The van der Waals surface area contributed by atoms with Gasteiger partial charge >= 0.3 is 11.9 Å². The average Bonchev–Trinajstić information content (AvgIpc) is 2.90. The fourth-order valence-electron chi connectivity index (χ4n) is 11.4. The molecule has 6 nitrogen and oxygen atoms in total. The second kappa shape index (κ2) is 10.5. The number of hydrogen-bond donors (Lipinski definition) is 1. The zero-order chi connectivity index (χ0) is 33.8. The molecule has 2 N–H and O–H groups in total. The lowest BCUT2D eigenvalue weighted by Crippen LogP contribution is -2.69. The molecule has 0 spiro atoms. The molecule has 3 fully saturated rings. The quantitative estimate of drug-likeness (QED) is 0.239. The van der Waals surface area contributed by atoms with Gasteiger partial charge in [-0.3, -0.25) is 14.4 Å². The molecule has 0 aromatic carbocycles. The van der Waals surface area contributed by atoms with Crippen LogP contribution in [0.2, 0.25) is 0 Å². The van der Waals surface area contributed by atoms with E-state index in [0.29, 0.717) is 23.2 Å². The molecule has 0 bridgehead atoms. The number of thioether (sulfide) groups is 1. The first kappa shape index (κ1) is 34.3. The molecular weight excluding hydrogens is 582 g/mol. The van der Waals surface area contributed by atoms with E-state index in [0.717, 1.165) is 50.5 Å². The van der Waals surface area contributed by atoms with Gasteiger partial charge in [-0.25, -0.2) is 0 Å². The number of carbonyl (C=O) groups is 3. The molecule has 0 heterocycles. The summed E-state index contributed by atoms with van der Waals surface area (Å²) in [6.07, 6.45) is 10.0. The molecule has 3 saturated carbocycles. The minimum absolute atomic E-state index is 0.0543. The van der Waals surface area contributed by atoms with Crippen LogP contribution >= 0.6 is 11.8 Å². The first-order valence-electron chi connectivity index (χ1n) is 17.0. The molecule has 2 unspecified atom stereocenters. The molecule has 5 aliphatic rings. The Hall–Kier alpha value is -2.02. The zero-order valence-electron chi connectivity index (χ0n) is 29.9. The summed E-state index contributed by atoms with van der Waals surface area (Å²) in [5.74, 6) is -0.124. The highest BCUT2D eigenvalue weighted by Gasteiger charge is 2.74. The summed E-state index contributed by atoms with van der Waals surface area (Å²) in [6.45, 7) is 26.3. The number of primary amides is 1. The van der Waals surface area contributed by atoms with Gasteiger partial charge in [-0.2, -0.15) is 0 Å². The highest BCUT2D eigenvalue weighted by molar-refractivity contribution is 8.00. The molecule has 45 heavy (non-hydrogen) atoms. The maximum atomic E-state index is 12.9. The van der Waals surface area contributed by atoms with Gasteiger partial charge in [0.05, 0.1) is 0 Å². The van der Waals surface area contributed by atoms with Gasteiger partial charge in [-0.15, -0.1) is 11.8 Å². The minimum atomic E-state index is -0.507. The van der Waals surface area contributed by atoms with Gasteiger partial charge in [-0.05, 0) is 95.3 Å². The number of esters is 2. The lowest BCUT2D eigenvalue weighted by Gasteiger charge is -2.76. The summed E-state index contributed by atoms with van der Waals surface area (Å²) in [5.41, 5.74) is 8.65. The Morgan fingerprint density at radius 3 is 1.96 bits per heavy atom. The zero-order valence-corrected chi connectivity index (χ0v) is 30.7. The van der Waals surface area contributed by atoms with E-state index >= 15 is 0 Å². The van der Waals surface area contributed by atoms with Crippen LogP contribution in [0.4, 0.5) is 0 Å². The van der Waals surface area contributed by atoms with Crippen molar-refractivity contribution < 1.29 is 23.9 Å². The average molecular weight is 640 g/mol. The number of amides is 1. The van der Waals surface area contributed by atoms with Gasteiger partial charge in [0.15, 0.2) is 11.5 Å². The third kappa shape index (κ3) is 4.51. The molecule has 8 atom stereocenters. The van der Waals surface area contributed by atoms with E-state index in [2.05, 4.69) is 68.4 Å². The highest BCUT2D eigenvalue weighted by Crippen LogP contribution is 2.82. The minimum Gasteiger partial charge on any atom is -0.427 e. The van der Waals surface area contributed by atoms with Crippen molar-refractivity contribution in [3.63, 3.8) is 0 Å². The fraction of sp³-hybridized carbons (Fsp3) is 0.763. The lowest BCUT2D eigenvalue weighted by molar-refractivity contribution is -0.230. The number of fused-ring (bicyclic) bond motifs is 7. The van der Waals surface area contributed by atoms with Crippen molar-refractivity contribution in [2.24, 2.45) is 43.6 Å². The van der Waals surface area contributed by atoms with Gasteiger partial charge in [0.2, 0.25) is 5.91 Å². The molecule has 250 valence electrons. The molecule has 0 radical (unpaired) electrons. The highest BCUT2D eigenvalue weighted by atomic mass is 32.2. The van der Waals surface area contributed by atoms with Gasteiger partial charge in [0.25, 0.3) is 0 Å². The van der Waals surface area contributed by atoms with E-state index in [4.69, 9.17) is 15.2 Å². The molecular formula is C38H57NO5S. The van der Waals surface area contributed by atoms with Crippen LogP contribution in [-0.2, 0) is 23.9 Å². The van der Waals surface area contributed by atoms with Gasteiger partial charge in [-0.1, -0.05) is 74.0 Å². The van der Waals surface area contributed by atoms with Crippen LogP contribution in [0.5, 0.6) is 0 Å². The molecule has 0 aromatic heterocycles. The van der Waals surface area contributed by atoms with E-state index in [1.165, 1.54) is 25.0 Å². The number of hydrogen-bond acceptors (Lipinski definition) is 6. The summed E-state index contributed by atoms with van der Waals surface area (Å²) in [7, 11) is 0. The summed E-state index contributed by atoms with van der Waals surface area (Å²) in [5, 5.41) is 0.464. The van der Waals surface area contributed by atoms with Crippen LogP contribution in [0.15, 0.2) is 34.3 Å². The van der Waals surface area contributed by atoms with Gasteiger partial charge < -0.3 is 15.2 Å². The van der Waals surface area contributed by atoms with Crippen molar-refractivity contribution in [2.75, 3.05) is 0 Å². The first-order valence-corrected chi connectivity index (χ1v) is 18.0. The van der Waals surface area contributed by atoms with Crippen LogP contribution in [0.25, 0.3) is 0 Å². The van der Waals surface area contributed by atoms with Crippen molar-refractivity contribution in [1.82, 2.24) is 0 Å². The standard InChI is InChI=1S/C38H57NO5S/c1-22(2)45-27-19-28-34(8,36(10)20-26(43-24(4)40)30(44-25(5)41)23(3)29(27)36)17-18-37(11)35(28,9)16-15-33(7)14-13-32(6,31(39)42)21-38(33,37)12/h19,22,27H,13-18,20-21H2,1-12H3,(H2,39,42)/t27?,32-,33-,34-,35-,36?,37-,38-/m1/s1. The Labute approximate surface area is 275 Å². The topological polar surface area (TPSA) is 95.7 Å². The Balaban J connectivity index is 1.74. The van der Waals surface area contributed by atoms with Crippen molar-refractivity contribution in [3.05, 3.63) is 34.3 Å². The third-order valence-corrected chi connectivity index (χ3v) is 15.9. The van der Waals surface area contributed by atoms with E-state index in [1.54, 1.807) is 0 Å². The van der Waals surface area contributed by atoms with Crippen LogP contribution in [0.1, 0.15) is 134 Å². The van der Waals surface area contributed by atoms with Crippen LogP contribution in [-0.4, -0.2) is 28.3 Å². The Morgan fingerprint density at radius 2 is 1.40 bits per heavy atom. The van der Waals surface area contributed by atoms with Crippen molar-refractivity contribution in [1.29, 1.82) is 0 Å². The number of allylic oxidation sites excluding steroid dienone is 3.